The van der Waals surface area contributed by atoms with E-state index in [1.807, 2.05) is 13.8 Å². The molecule has 0 rings (SSSR count). The van der Waals surface area contributed by atoms with Crippen molar-refractivity contribution in [3.63, 3.8) is 0 Å². The van der Waals surface area contributed by atoms with E-state index in [0.29, 0.717) is 24.5 Å². The third-order valence-corrected chi connectivity index (χ3v) is 1.62. The monoisotopic (exact) mass is 213 g/mol. The Morgan fingerprint density at radius 1 is 1.40 bits per heavy atom. The largest absolute Gasteiger partial charge is 0.463 e. The summed E-state index contributed by atoms with van der Waals surface area (Å²) in [6, 6.07) is 0. The standard InChI is InChI=1S/C11H19NO3/c1-5-15-11(14)10(6-8(2)3)7-12-9(4)13/h7-8H,5-6H2,1-4H3,(H,12,13)/b10-7+. The zero-order valence-electron chi connectivity index (χ0n) is 9.79. The van der Waals surface area contributed by atoms with Crippen LogP contribution in [0.4, 0.5) is 0 Å². The molecule has 0 aliphatic carbocycles. The van der Waals surface area contributed by atoms with Crippen LogP contribution >= 0.6 is 0 Å². The number of rotatable bonds is 5. The maximum Gasteiger partial charge on any atom is 0.335 e. The molecule has 0 fully saturated rings. The smallest absolute Gasteiger partial charge is 0.335 e. The molecule has 86 valence electrons. The molecule has 0 aliphatic heterocycles. The molecule has 15 heavy (non-hydrogen) atoms. The fraction of sp³-hybridized carbons (Fsp3) is 0.636. The third-order valence-electron chi connectivity index (χ3n) is 1.62. The van der Waals surface area contributed by atoms with Crippen molar-refractivity contribution in [1.29, 1.82) is 0 Å². The van der Waals surface area contributed by atoms with Crippen molar-refractivity contribution in [2.24, 2.45) is 5.92 Å². The van der Waals surface area contributed by atoms with Crippen molar-refractivity contribution >= 4 is 11.9 Å². The number of nitrogens with one attached hydrogen (secondary N) is 1. The van der Waals surface area contributed by atoms with Gasteiger partial charge in [-0.05, 0) is 19.3 Å². The van der Waals surface area contributed by atoms with E-state index >= 15 is 0 Å². The van der Waals surface area contributed by atoms with E-state index in [9.17, 15) is 9.59 Å². The van der Waals surface area contributed by atoms with Gasteiger partial charge >= 0.3 is 5.97 Å². The van der Waals surface area contributed by atoms with Gasteiger partial charge < -0.3 is 10.1 Å². The number of carbonyl (C=O) groups is 2. The highest BCUT2D eigenvalue weighted by atomic mass is 16.5. The van der Waals surface area contributed by atoms with Crippen LogP contribution in [0.1, 0.15) is 34.1 Å². The van der Waals surface area contributed by atoms with Crippen LogP contribution in [0.2, 0.25) is 0 Å². The van der Waals surface area contributed by atoms with Gasteiger partial charge in [0.1, 0.15) is 0 Å². The fourth-order valence-electron chi connectivity index (χ4n) is 1.05. The highest BCUT2D eigenvalue weighted by Gasteiger charge is 2.12. The molecule has 1 amide bonds. The van der Waals surface area contributed by atoms with Crippen molar-refractivity contribution in [2.75, 3.05) is 6.61 Å². The van der Waals surface area contributed by atoms with Crippen LogP contribution in [-0.4, -0.2) is 18.5 Å². The Labute approximate surface area is 90.7 Å². The molecule has 0 aromatic heterocycles. The van der Waals surface area contributed by atoms with Crippen LogP contribution in [0.5, 0.6) is 0 Å². The summed E-state index contributed by atoms with van der Waals surface area (Å²) in [6.45, 7) is 7.49. The summed E-state index contributed by atoms with van der Waals surface area (Å²) in [6.07, 6.45) is 2.03. The highest BCUT2D eigenvalue weighted by molar-refractivity contribution is 5.89. The molecule has 0 radical (unpaired) electrons. The molecule has 4 nitrogen and oxygen atoms in total. The number of amides is 1. The third kappa shape index (κ3) is 6.71. The maximum atomic E-state index is 11.4. The van der Waals surface area contributed by atoms with Gasteiger partial charge in [0, 0.05) is 13.1 Å². The Morgan fingerprint density at radius 3 is 2.40 bits per heavy atom. The van der Waals surface area contributed by atoms with Gasteiger partial charge in [0.05, 0.1) is 12.2 Å². The summed E-state index contributed by atoms with van der Waals surface area (Å²) in [5.41, 5.74) is 0.502. The average molecular weight is 213 g/mol. The Kier molecular flexibility index (Phi) is 6.42. The van der Waals surface area contributed by atoms with E-state index in [0.717, 1.165) is 0 Å². The van der Waals surface area contributed by atoms with Gasteiger partial charge in [-0.25, -0.2) is 4.79 Å². The van der Waals surface area contributed by atoms with Crippen LogP contribution in [0, 0.1) is 5.92 Å². The summed E-state index contributed by atoms with van der Waals surface area (Å²) in [7, 11) is 0. The SMILES string of the molecule is CCOC(=O)/C(=C/NC(C)=O)CC(C)C. The molecule has 0 saturated heterocycles. The van der Waals surface area contributed by atoms with Crippen LogP contribution in [0.15, 0.2) is 11.8 Å². The second-order valence-corrected chi connectivity index (χ2v) is 3.69. The molecule has 0 unspecified atom stereocenters. The highest BCUT2D eigenvalue weighted by Crippen LogP contribution is 2.11. The van der Waals surface area contributed by atoms with Gasteiger partial charge in [-0.15, -0.1) is 0 Å². The van der Waals surface area contributed by atoms with Crippen molar-refractivity contribution in [3.8, 4) is 0 Å². The molecule has 0 spiro atoms. The molecule has 0 aliphatic rings. The van der Waals surface area contributed by atoms with Gasteiger partial charge in [-0.1, -0.05) is 13.8 Å². The summed E-state index contributed by atoms with van der Waals surface area (Å²) >= 11 is 0. The molecule has 0 heterocycles. The van der Waals surface area contributed by atoms with Gasteiger partial charge in [0.15, 0.2) is 0 Å². The van der Waals surface area contributed by atoms with Crippen LogP contribution in [0.3, 0.4) is 0 Å². The first-order chi connectivity index (χ1) is 6.97. The molecular formula is C11H19NO3. The summed E-state index contributed by atoms with van der Waals surface area (Å²) in [5, 5.41) is 2.49. The minimum absolute atomic E-state index is 0.194. The van der Waals surface area contributed by atoms with Crippen molar-refractivity contribution in [1.82, 2.24) is 5.32 Å². The van der Waals surface area contributed by atoms with Crippen LogP contribution < -0.4 is 5.32 Å². The second kappa shape index (κ2) is 7.04. The Hall–Kier alpha value is -1.32. The molecular weight excluding hydrogens is 194 g/mol. The zero-order valence-corrected chi connectivity index (χ0v) is 9.79. The lowest BCUT2D eigenvalue weighted by molar-refractivity contribution is -0.138. The minimum Gasteiger partial charge on any atom is -0.463 e. The predicted octanol–water partition coefficient (Wildman–Crippen LogP) is 1.62. The van der Waals surface area contributed by atoms with Crippen LogP contribution in [0.25, 0.3) is 0 Å². The summed E-state index contributed by atoms with van der Waals surface area (Å²) in [5.74, 6) is -0.213. The first-order valence-electron chi connectivity index (χ1n) is 5.10. The average Bonchev–Trinajstić information content (AvgIpc) is 2.11. The predicted molar refractivity (Wildman–Crippen MR) is 58.0 cm³/mol. The van der Waals surface area contributed by atoms with Crippen molar-refractivity contribution in [3.05, 3.63) is 11.8 Å². The van der Waals surface area contributed by atoms with E-state index in [2.05, 4.69) is 5.32 Å². The summed E-state index contributed by atoms with van der Waals surface area (Å²) < 4.78 is 4.88. The van der Waals surface area contributed by atoms with E-state index in [1.54, 1.807) is 6.92 Å². The van der Waals surface area contributed by atoms with Crippen molar-refractivity contribution in [2.45, 2.75) is 34.1 Å². The summed E-state index contributed by atoms with van der Waals surface area (Å²) in [4.78, 5) is 22.2. The van der Waals surface area contributed by atoms with Crippen LogP contribution in [-0.2, 0) is 14.3 Å². The first-order valence-corrected chi connectivity index (χ1v) is 5.10. The van der Waals surface area contributed by atoms with E-state index in [1.165, 1.54) is 13.1 Å². The van der Waals surface area contributed by atoms with Gasteiger partial charge in [-0.3, -0.25) is 4.79 Å². The van der Waals surface area contributed by atoms with Gasteiger partial charge in [0.25, 0.3) is 0 Å². The molecule has 1 N–H and O–H groups in total. The number of hydrogen-bond donors (Lipinski definition) is 1. The van der Waals surface area contributed by atoms with Gasteiger partial charge in [0.2, 0.25) is 5.91 Å². The molecule has 0 aromatic carbocycles. The lowest BCUT2D eigenvalue weighted by Gasteiger charge is -2.09. The Bertz CT molecular complexity index is 257. The molecule has 4 heteroatoms. The van der Waals surface area contributed by atoms with Crippen molar-refractivity contribution < 1.29 is 14.3 Å². The minimum atomic E-state index is -0.361. The lowest BCUT2D eigenvalue weighted by atomic mass is 10.0. The molecule has 0 aromatic rings. The van der Waals surface area contributed by atoms with Gasteiger partial charge in [-0.2, -0.15) is 0 Å². The lowest BCUT2D eigenvalue weighted by Crippen LogP contribution is -2.17. The first kappa shape index (κ1) is 13.7. The molecule has 0 saturated carbocycles. The van der Waals surface area contributed by atoms with E-state index in [4.69, 9.17) is 4.74 Å². The Morgan fingerprint density at radius 2 is 2.00 bits per heavy atom. The topological polar surface area (TPSA) is 55.4 Å². The number of carbonyl (C=O) groups excluding carboxylic acids is 2. The van der Waals surface area contributed by atoms with E-state index in [-0.39, 0.29) is 11.9 Å². The number of esters is 1. The Balaban J connectivity index is 4.49. The van der Waals surface area contributed by atoms with E-state index < -0.39 is 0 Å². The number of ether oxygens (including phenoxy) is 1. The fourth-order valence-corrected chi connectivity index (χ4v) is 1.05. The number of hydrogen-bond acceptors (Lipinski definition) is 3. The zero-order chi connectivity index (χ0) is 11.8. The molecule has 0 bridgehead atoms. The second-order valence-electron chi connectivity index (χ2n) is 3.69. The maximum absolute atomic E-state index is 11.4. The quantitative estimate of drug-likeness (QED) is 0.557. The molecule has 0 atom stereocenters. The normalized spacial score (nSPS) is 11.4.